The third-order valence-corrected chi connectivity index (χ3v) is 8.90. The zero-order chi connectivity index (χ0) is 23.2. The highest BCUT2D eigenvalue weighted by Gasteiger charge is 2.47. The van der Waals surface area contributed by atoms with Crippen LogP contribution in [0.15, 0.2) is 66.9 Å². The average molecular weight is 453 g/mol. The Hall–Kier alpha value is -2.98. The summed E-state index contributed by atoms with van der Waals surface area (Å²) in [4.78, 5) is 17.3. The van der Waals surface area contributed by atoms with Crippen LogP contribution in [0.4, 0.5) is 0 Å². The second kappa shape index (κ2) is 8.35. The lowest BCUT2D eigenvalue weighted by molar-refractivity contribution is -0.115. The van der Waals surface area contributed by atoms with Crippen LogP contribution in [-0.4, -0.2) is 29.5 Å². The van der Waals surface area contributed by atoms with Crippen LogP contribution in [0.2, 0.25) is 0 Å². The molecule has 34 heavy (non-hydrogen) atoms. The van der Waals surface area contributed by atoms with Gasteiger partial charge in [-0.1, -0.05) is 42.5 Å². The SMILES string of the molecule is O=CC1(c2ccc([C@@H]3c4ccc(O)cc4CC[C@@H]3c3ccccc3)cn2)CCC2(CC1)CNC2. The number of aldehydes is 1. The van der Waals surface area contributed by atoms with Crippen molar-refractivity contribution in [2.75, 3.05) is 13.1 Å². The molecule has 4 heteroatoms. The van der Waals surface area contributed by atoms with Crippen molar-refractivity contribution in [1.29, 1.82) is 0 Å². The molecule has 2 atom stereocenters. The predicted molar refractivity (Wildman–Crippen MR) is 133 cm³/mol. The van der Waals surface area contributed by atoms with Gasteiger partial charge in [-0.3, -0.25) is 4.98 Å². The molecule has 1 aromatic heterocycles. The van der Waals surface area contributed by atoms with Crippen LogP contribution in [0.5, 0.6) is 5.75 Å². The van der Waals surface area contributed by atoms with Gasteiger partial charge in [0.05, 0.1) is 11.1 Å². The summed E-state index contributed by atoms with van der Waals surface area (Å²) in [6.45, 7) is 2.18. The summed E-state index contributed by atoms with van der Waals surface area (Å²) in [6.07, 6.45) is 9.14. The summed E-state index contributed by atoms with van der Waals surface area (Å²) in [5.74, 6) is 0.858. The molecule has 174 valence electrons. The highest BCUT2D eigenvalue weighted by molar-refractivity contribution is 5.68. The molecule has 0 radical (unpaired) electrons. The van der Waals surface area contributed by atoms with E-state index in [0.717, 1.165) is 57.3 Å². The lowest BCUT2D eigenvalue weighted by Crippen LogP contribution is -2.56. The summed E-state index contributed by atoms with van der Waals surface area (Å²) >= 11 is 0. The molecule has 1 spiro atoms. The number of aromatic hydroxyl groups is 1. The van der Waals surface area contributed by atoms with Gasteiger partial charge in [0.1, 0.15) is 12.0 Å². The van der Waals surface area contributed by atoms with Crippen LogP contribution in [0.25, 0.3) is 0 Å². The van der Waals surface area contributed by atoms with Crippen molar-refractivity contribution in [2.24, 2.45) is 5.41 Å². The monoisotopic (exact) mass is 452 g/mol. The number of hydrogen-bond acceptors (Lipinski definition) is 4. The van der Waals surface area contributed by atoms with Gasteiger partial charge in [0.15, 0.2) is 0 Å². The fraction of sp³-hybridized carbons (Fsp3) is 0.400. The van der Waals surface area contributed by atoms with Crippen molar-refractivity contribution < 1.29 is 9.90 Å². The Morgan fingerprint density at radius 2 is 1.74 bits per heavy atom. The molecule has 3 aliphatic rings. The van der Waals surface area contributed by atoms with E-state index in [1.165, 1.54) is 28.5 Å². The van der Waals surface area contributed by atoms with E-state index in [1.54, 1.807) is 6.07 Å². The molecule has 2 aromatic carbocycles. The molecule has 1 aliphatic heterocycles. The number of rotatable bonds is 4. The van der Waals surface area contributed by atoms with E-state index < -0.39 is 5.41 Å². The van der Waals surface area contributed by atoms with Crippen molar-refractivity contribution >= 4 is 6.29 Å². The van der Waals surface area contributed by atoms with Crippen LogP contribution < -0.4 is 5.32 Å². The van der Waals surface area contributed by atoms with Crippen LogP contribution in [0, 0.1) is 5.41 Å². The van der Waals surface area contributed by atoms with Crippen molar-refractivity contribution in [3.8, 4) is 5.75 Å². The van der Waals surface area contributed by atoms with Gasteiger partial charge in [-0.2, -0.15) is 0 Å². The molecule has 1 saturated carbocycles. The topological polar surface area (TPSA) is 62.2 Å². The Morgan fingerprint density at radius 1 is 0.941 bits per heavy atom. The third kappa shape index (κ3) is 3.56. The Labute approximate surface area is 201 Å². The standard InChI is InChI=1S/C30H32N2O2/c33-20-30(14-12-29(13-15-30)18-31-19-29)27-11-7-23(17-32-27)28-25(21-4-2-1-3-5-21)9-6-22-16-24(34)8-10-26(22)28/h1-5,7-8,10-11,16-17,20,25,28,31,34H,6,9,12-15,18-19H2/t25-,28+/m1/s1. The van der Waals surface area contributed by atoms with Crippen molar-refractivity contribution in [3.63, 3.8) is 0 Å². The molecule has 3 aromatic rings. The number of aryl methyl sites for hydroxylation is 1. The number of carbonyl (C=O) groups excluding carboxylic acids is 1. The summed E-state index contributed by atoms with van der Waals surface area (Å²) in [5.41, 5.74) is 5.90. The molecule has 0 bridgehead atoms. The Balaban J connectivity index is 1.35. The van der Waals surface area contributed by atoms with E-state index >= 15 is 0 Å². The minimum atomic E-state index is -0.450. The number of hydrogen-bond donors (Lipinski definition) is 2. The molecule has 2 N–H and O–H groups in total. The fourth-order valence-electron chi connectivity index (χ4n) is 6.65. The smallest absolute Gasteiger partial charge is 0.132 e. The molecular formula is C30H32N2O2. The highest BCUT2D eigenvalue weighted by Crippen LogP contribution is 2.49. The van der Waals surface area contributed by atoms with Gasteiger partial charge in [0.2, 0.25) is 0 Å². The number of nitrogens with zero attached hydrogens (tertiary/aromatic N) is 1. The molecular weight excluding hydrogens is 420 g/mol. The van der Waals surface area contributed by atoms with E-state index in [-0.39, 0.29) is 5.92 Å². The number of fused-ring (bicyclic) bond motifs is 1. The Morgan fingerprint density at radius 3 is 2.38 bits per heavy atom. The van der Waals surface area contributed by atoms with E-state index in [2.05, 4.69) is 53.8 Å². The van der Waals surface area contributed by atoms with Gasteiger partial charge < -0.3 is 15.2 Å². The highest BCUT2D eigenvalue weighted by atomic mass is 16.3. The fourth-order valence-corrected chi connectivity index (χ4v) is 6.65. The van der Waals surface area contributed by atoms with Crippen LogP contribution >= 0.6 is 0 Å². The number of phenolic OH excluding ortho intramolecular Hbond substituents is 1. The Bertz CT molecular complexity index is 1170. The van der Waals surface area contributed by atoms with Gasteiger partial charge >= 0.3 is 0 Å². The molecule has 2 aliphatic carbocycles. The van der Waals surface area contributed by atoms with E-state index in [0.29, 0.717) is 17.1 Å². The zero-order valence-corrected chi connectivity index (χ0v) is 19.5. The van der Waals surface area contributed by atoms with Crippen molar-refractivity contribution in [3.05, 3.63) is 94.8 Å². The molecule has 4 nitrogen and oxygen atoms in total. The van der Waals surface area contributed by atoms with Crippen molar-refractivity contribution in [2.45, 2.75) is 55.8 Å². The van der Waals surface area contributed by atoms with Crippen molar-refractivity contribution in [1.82, 2.24) is 10.3 Å². The van der Waals surface area contributed by atoms with E-state index in [4.69, 9.17) is 4.98 Å². The summed E-state index contributed by atoms with van der Waals surface area (Å²) in [6, 6.07) is 20.8. The van der Waals surface area contributed by atoms with Gasteiger partial charge in [-0.25, -0.2) is 0 Å². The Kier molecular flexibility index (Phi) is 5.29. The lowest BCUT2D eigenvalue weighted by atomic mass is 9.60. The number of carbonyl (C=O) groups is 1. The third-order valence-electron chi connectivity index (χ3n) is 8.90. The predicted octanol–water partition coefficient (Wildman–Crippen LogP) is 5.25. The largest absolute Gasteiger partial charge is 0.508 e. The summed E-state index contributed by atoms with van der Waals surface area (Å²) in [5, 5.41) is 13.5. The molecule has 2 heterocycles. The molecule has 0 amide bonds. The second-order valence-corrected chi connectivity index (χ2v) is 10.8. The first-order valence-corrected chi connectivity index (χ1v) is 12.6. The zero-order valence-electron chi connectivity index (χ0n) is 19.5. The molecule has 2 fully saturated rings. The van der Waals surface area contributed by atoms with E-state index in [1.807, 2.05) is 12.3 Å². The van der Waals surface area contributed by atoms with Gasteiger partial charge in [-0.15, -0.1) is 0 Å². The quantitative estimate of drug-likeness (QED) is 0.531. The van der Waals surface area contributed by atoms with Gasteiger partial charge in [0, 0.05) is 25.2 Å². The molecule has 6 rings (SSSR count). The first kappa shape index (κ1) is 21.5. The minimum Gasteiger partial charge on any atom is -0.508 e. The maximum atomic E-state index is 12.3. The van der Waals surface area contributed by atoms with Gasteiger partial charge in [0.25, 0.3) is 0 Å². The molecule has 0 unspecified atom stereocenters. The maximum Gasteiger partial charge on any atom is 0.132 e. The number of nitrogens with one attached hydrogen (secondary N) is 1. The lowest BCUT2D eigenvalue weighted by Gasteiger charge is -2.49. The van der Waals surface area contributed by atoms with Gasteiger partial charge in [-0.05, 0) is 90.3 Å². The first-order chi connectivity index (χ1) is 16.6. The van der Waals surface area contributed by atoms with Crippen LogP contribution in [0.1, 0.15) is 71.9 Å². The van der Waals surface area contributed by atoms with Crippen LogP contribution in [-0.2, 0) is 16.6 Å². The molecule has 1 saturated heterocycles. The number of aromatic nitrogens is 1. The maximum absolute atomic E-state index is 12.3. The normalized spacial score (nSPS) is 24.7. The minimum absolute atomic E-state index is 0.177. The van der Waals surface area contributed by atoms with Crippen LogP contribution in [0.3, 0.4) is 0 Å². The number of phenols is 1. The van der Waals surface area contributed by atoms with E-state index in [9.17, 15) is 9.90 Å². The second-order valence-electron chi connectivity index (χ2n) is 10.8. The first-order valence-electron chi connectivity index (χ1n) is 12.6. The number of pyridine rings is 1. The number of benzene rings is 2. The summed E-state index contributed by atoms with van der Waals surface area (Å²) in [7, 11) is 0. The summed E-state index contributed by atoms with van der Waals surface area (Å²) < 4.78 is 0. The average Bonchev–Trinajstić information content (AvgIpc) is 2.87.